The number of aromatic nitrogens is 4. The summed E-state index contributed by atoms with van der Waals surface area (Å²) in [7, 11) is 1.55. The number of nitrogens with one attached hydrogen (secondary N) is 1. The number of amides is 1. The molecule has 0 bridgehead atoms. The maximum Gasteiger partial charge on any atom is 0.280 e. The van der Waals surface area contributed by atoms with Gasteiger partial charge in [-0.05, 0) is 35.9 Å². The number of pyridine rings is 1. The molecule has 164 valence electrons. The van der Waals surface area contributed by atoms with E-state index in [4.69, 9.17) is 4.74 Å². The molecule has 5 aromatic rings. The van der Waals surface area contributed by atoms with Crippen molar-refractivity contribution in [2.24, 2.45) is 0 Å². The van der Waals surface area contributed by atoms with Gasteiger partial charge in [0.2, 0.25) is 0 Å². The number of halogens is 1. The molecule has 0 saturated heterocycles. The minimum atomic E-state index is -0.446. The average Bonchev–Trinajstić information content (AvgIpc) is 3.20. The molecule has 0 unspecified atom stereocenters. The highest BCUT2D eigenvalue weighted by atomic mass is 19.1. The van der Waals surface area contributed by atoms with Crippen LogP contribution in [0.25, 0.3) is 27.7 Å². The summed E-state index contributed by atoms with van der Waals surface area (Å²) >= 11 is 0. The molecule has 0 saturated carbocycles. The molecule has 1 amide bonds. The van der Waals surface area contributed by atoms with Gasteiger partial charge in [-0.3, -0.25) is 15.0 Å². The van der Waals surface area contributed by atoms with Crippen molar-refractivity contribution >= 4 is 22.5 Å². The predicted molar refractivity (Wildman–Crippen MR) is 121 cm³/mol. The van der Waals surface area contributed by atoms with E-state index < -0.39 is 11.5 Å². The quantitative estimate of drug-likeness (QED) is 0.450. The van der Waals surface area contributed by atoms with Crippen LogP contribution in [0.3, 0.4) is 0 Å². The number of ether oxygens (including phenoxy) is 1. The van der Waals surface area contributed by atoms with Gasteiger partial charge in [-0.2, -0.15) is 5.10 Å². The topological polar surface area (TPSA) is 90.5 Å². The fraction of sp³-hybridized carbons (Fsp3) is 0.0833. The largest absolute Gasteiger partial charge is 0.378 e. The van der Waals surface area contributed by atoms with E-state index in [-0.39, 0.29) is 17.8 Å². The van der Waals surface area contributed by atoms with Crippen LogP contribution < -0.4 is 11.0 Å². The van der Waals surface area contributed by atoms with E-state index >= 15 is 0 Å². The van der Waals surface area contributed by atoms with Gasteiger partial charge in [0.05, 0.1) is 28.8 Å². The van der Waals surface area contributed by atoms with E-state index in [9.17, 15) is 14.0 Å². The van der Waals surface area contributed by atoms with Crippen molar-refractivity contribution in [3.05, 3.63) is 100 Å². The second-order valence-corrected chi connectivity index (χ2v) is 7.35. The first kappa shape index (κ1) is 20.5. The van der Waals surface area contributed by atoms with E-state index in [0.29, 0.717) is 28.0 Å². The van der Waals surface area contributed by atoms with Gasteiger partial charge in [0.25, 0.3) is 11.5 Å². The van der Waals surface area contributed by atoms with Gasteiger partial charge in [0.15, 0.2) is 5.65 Å². The fourth-order valence-corrected chi connectivity index (χ4v) is 3.72. The summed E-state index contributed by atoms with van der Waals surface area (Å²) in [6.07, 6.45) is 2.92. The summed E-state index contributed by atoms with van der Waals surface area (Å²) in [5, 5.41) is 4.88. The Morgan fingerprint density at radius 1 is 1.09 bits per heavy atom. The number of benzene rings is 2. The molecule has 9 heteroatoms. The highest BCUT2D eigenvalue weighted by molar-refractivity contribution is 6.00. The van der Waals surface area contributed by atoms with Crippen LogP contribution in [-0.4, -0.2) is 32.3 Å². The number of methoxy groups -OCH3 is 1. The van der Waals surface area contributed by atoms with Gasteiger partial charge in [-0.15, -0.1) is 0 Å². The summed E-state index contributed by atoms with van der Waals surface area (Å²) in [5.41, 5.74) is 5.62. The lowest BCUT2D eigenvalue weighted by atomic mass is 10.1. The normalized spacial score (nSPS) is 11.2. The molecular weight excluding hydrogens is 425 g/mol. The van der Waals surface area contributed by atoms with Crippen LogP contribution in [0.15, 0.2) is 77.9 Å². The first-order valence-corrected chi connectivity index (χ1v) is 10.1. The van der Waals surface area contributed by atoms with Crippen molar-refractivity contribution in [3.8, 4) is 11.1 Å². The molecule has 3 heterocycles. The van der Waals surface area contributed by atoms with Crippen molar-refractivity contribution in [1.29, 1.82) is 0 Å². The van der Waals surface area contributed by atoms with Gasteiger partial charge in [-0.1, -0.05) is 30.3 Å². The monoisotopic (exact) mass is 443 g/mol. The molecule has 2 aromatic carbocycles. The fourth-order valence-electron chi connectivity index (χ4n) is 3.72. The Labute approximate surface area is 186 Å². The lowest BCUT2D eigenvalue weighted by molar-refractivity contribution is 0.101. The summed E-state index contributed by atoms with van der Waals surface area (Å²) < 4.78 is 21.4. The Bertz CT molecular complexity index is 1540. The zero-order valence-electron chi connectivity index (χ0n) is 17.5. The van der Waals surface area contributed by atoms with Crippen LogP contribution in [0.5, 0.6) is 0 Å². The summed E-state index contributed by atoms with van der Waals surface area (Å²) in [6.45, 7) is 0.210. The van der Waals surface area contributed by atoms with Crippen molar-refractivity contribution in [1.82, 2.24) is 19.3 Å². The van der Waals surface area contributed by atoms with Crippen LogP contribution in [0.1, 0.15) is 16.1 Å². The SMILES string of the molecule is COCc1nn2c(ncc3c(=O)n(NC(=O)c4ccccc4)ccc32)c1-c1ccc(F)cc1. The first-order valence-electron chi connectivity index (χ1n) is 10.1. The van der Waals surface area contributed by atoms with E-state index in [1.807, 2.05) is 0 Å². The van der Waals surface area contributed by atoms with Crippen LogP contribution in [0, 0.1) is 5.82 Å². The lowest BCUT2D eigenvalue weighted by Gasteiger charge is -2.09. The Hall–Kier alpha value is -4.37. The second kappa shape index (κ2) is 8.29. The Balaban J connectivity index is 1.64. The number of hydrogen-bond donors (Lipinski definition) is 1. The Morgan fingerprint density at radius 2 is 1.85 bits per heavy atom. The number of carbonyl (C=O) groups excluding carboxylic acids is 1. The smallest absolute Gasteiger partial charge is 0.280 e. The summed E-state index contributed by atoms with van der Waals surface area (Å²) in [4.78, 5) is 30.0. The van der Waals surface area contributed by atoms with Crippen molar-refractivity contribution < 1.29 is 13.9 Å². The maximum atomic E-state index is 13.5. The zero-order chi connectivity index (χ0) is 22.9. The van der Waals surface area contributed by atoms with Crippen molar-refractivity contribution in [2.45, 2.75) is 6.61 Å². The van der Waals surface area contributed by atoms with Crippen LogP contribution in [-0.2, 0) is 11.3 Å². The molecule has 5 rings (SSSR count). The number of fused-ring (bicyclic) bond motifs is 3. The molecule has 0 atom stereocenters. The van der Waals surface area contributed by atoms with Gasteiger partial charge >= 0.3 is 0 Å². The standard InChI is InChI=1S/C24H18FN5O3/c1-33-14-19-21(15-7-9-17(25)10-8-15)22-26-13-18-20(30(22)27-19)11-12-29(24(18)32)28-23(31)16-5-3-2-4-6-16/h2-13H,14H2,1H3,(H,28,31). The number of nitrogens with zero attached hydrogens (tertiary/aromatic N) is 4. The highest BCUT2D eigenvalue weighted by Gasteiger charge is 2.19. The summed E-state index contributed by atoms with van der Waals surface area (Å²) in [6, 6.07) is 16.3. The molecule has 0 aliphatic carbocycles. The van der Waals surface area contributed by atoms with E-state index in [1.165, 1.54) is 24.5 Å². The Morgan fingerprint density at radius 3 is 2.58 bits per heavy atom. The number of carbonyl (C=O) groups is 1. The van der Waals surface area contributed by atoms with E-state index in [2.05, 4.69) is 15.5 Å². The summed E-state index contributed by atoms with van der Waals surface area (Å²) in [5.74, 6) is -0.758. The van der Waals surface area contributed by atoms with Crippen LogP contribution >= 0.6 is 0 Å². The first-order chi connectivity index (χ1) is 16.1. The third-order valence-corrected chi connectivity index (χ3v) is 5.26. The Kier molecular flexibility index (Phi) is 5.15. The molecule has 8 nitrogen and oxygen atoms in total. The van der Waals surface area contributed by atoms with E-state index in [0.717, 1.165) is 10.2 Å². The molecule has 3 aromatic heterocycles. The molecule has 33 heavy (non-hydrogen) atoms. The average molecular weight is 443 g/mol. The minimum Gasteiger partial charge on any atom is -0.378 e. The molecule has 0 fully saturated rings. The highest BCUT2D eigenvalue weighted by Crippen LogP contribution is 2.29. The molecule has 1 N–H and O–H groups in total. The predicted octanol–water partition coefficient (Wildman–Crippen LogP) is 3.38. The molecule has 0 spiro atoms. The van der Waals surface area contributed by atoms with Gasteiger partial charge in [-0.25, -0.2) is 18.6 Å². The van der Waals surface area contributed by atoms with Crippen molar-refractivity contribution in [3.63, 3.8) is 0 Å². The third kappa shape index (κ3) is 3.64. The van der Waals surface area contributed by atoms with Crippen LogP contribution in [0.2, 0.25) is 0 Å². The van der Waals surface area contributed by atoms with Gasteiger partial charge < -0.3 is 4.74 Å². The van der Waals surface area contributed by atoms with Crippen LogP contribution in [0.4, 0.5) is 4.39 Å². The second-order valence-electron chi connectivity index (χ2n) is 7.35. The number of hydrogen-bond acceptors (Lipinski definition) is 5. The third-order valence-electron chi connectivity index (χ3n) is 5.26. The zero-order valence-corrected chi connectivity index (χ0v) is 17.5. The molecule has 0 aliphatic rings. The number of rotatable bonds is 5. The molecule has 0 aliphatic heterocycles. The minimum absolute atomic E-state index is 0.210. The molecule has 0 radical (unpaired) electrons. The van der Waals surface area contributed by atoms with Gasteiger partial charge in [0, 0.05) is 25.1 Å². The molecular formula is C24H18FN5O3. The lowest BCUT2D eigenvalue weighted by Crippen LogP contribution is -2.32. The maximum absolute atomic E-state index is 13.5. The van der Waals surface area contributed by atoms with Gasteiger partial charge in [0.1, 0.15) is 5.82 Å². The van der Waals surface area contributed by atoms with E-state index in [1.54, 1.807) is 60.2 Å². The van der Waals surface area contributed by atoms with Crippen molar-refractivity contribution in [2.75, 3.05) is 12.5 Å².